The average Bonchev–Trinajstić information content (AvgIpc) is 3.07. The molecule has 0 aliphatic rings. The second-order valence-electron chi connectivity index (χ2n) is 6.98. The molecule has 1 heterocycles. The third kappa shape index (κ3) is 3.94. The van der Waals surface area contributed by atoms with Crippen LogP contribution in [0.15, 0.2) is 54.6 Å². The van der Waals surface area contributed by atoms with Crippen LogP contribution in [0.25, 0.3) is 21.7 Å². The summed E-state index contributed by atoms with van der Waals surface area (Å²) in [5.74, 6) is 0.292. The Morgan fingerprint density at radius 1 is 1.00 bits per heavy atom. The summed E-state index contributed by atoms with van der Waals surface area (Å²) >= 11 is 1.62. The second-order valence-corrected chi connectivity index (χ2v) is 7.98. The van der Waals surface area contributed by atoms with Crippen LogP contribution in [0.3, 0.4) is 0 Å². The van der Waals surface area contributed by atoms with Crippen LogP contribution >= 0.6 is 11.3 Å². The van der Waals surface area contributed by atoms with Crippen LogP contribution in [-0.4, -0.2) is 18.0 Å². The molecular formula is C21H22N2O2S. The van der Waals surface area contributed by atoms with Gasteiger partial charge in [-0.3, -0.25) is 4.79 Å². The topological polar surface area (TPSA) is 51.2 Å². The molecule has 1 aromatic heterocycles. The van der Waals surface area contributed by atoms with Crippen molar-refractivity contribution in [3.63, 3.8) is 0 Å². The van der Waals surface area contributed by atoms with Crippen molar-refractivity contribution in [3.05, 3.63) is 54.6 Å². The number of ether oxygens (including phenoxy) is 1. The molecule has 1 N–H and O–H groups in total. The van der Waals surface area contributed by atoms with E-state index in [9.17, 15) is 4.79 Å². The first-order valence-electron chi connectivity index (χ1n) is 8.45. The van der Waals surface area contributed by atoms with Crippen LogP contribution in [0, 0.1) is 5.41 Å². The molecule has 0 saturated heterocycles. The Bertz CT molecular complexity index is 894. The van der Waals surface area contributed by atoms with E-state index in [1.807, 2.05) is 70.3 Å². The molecule has 26 heavy (non-hydrogen) atoms. The molecule has 0 unspecified atom stereocenters. The fourth-order valence-corrected chi connectivity index (χ4v) is 3.30. The van der Waals surface area contributed by atoms with Gasteiger partial charge in [-0.05, 0) is 50.6 Å². The van der Waals surface area contributed by atoms with E-state index in [-0.39, 0.29) is 5.97 Å². The first kappa shape index (κ1) is 18.1. The highest BCUT2D eigenvalue weighted by atomic mass is 32.1. The third-order valence-electron chi connectivity index (χ3n) is 3.83. The van der Waals surface area contributed by atoms with Crippen molar-refractivity contribution >= 4 is 22.4 Å². The van der Waals surface area contributed by atoms with E-state index in [0.29, 0.717) is 5.75 Å². The van der Waals surface area contributed by atoms with Crippen molar-refractivity contribution in [2.45, 2.75) is 20.8 Å². The fraction of sp³-hybridized carbons (Fsp3) is 0.238. The van der Waals surface area contributed by atoms with Crippen molar-refractivity contribution in [1.29, 1.82) is 0 Å². The number of benzene rings is 2. The molecule has 0 bridgehead atoms. The van der Waals surface area contributed by atoms with E-state index < -0.39 is 5.41 Å². The molecule has 0 saturated carbocycles. The molecule has 0 radical (unpaired) electrons. The Kier molecular flexibility index (Phi) is 5.09. The summed E-state index contributed by atoms with van der Waals surface area (Å²) in [5.41, 5.74) is 2.50. The molecule has 0 amide bonds. The number of thiazole rings is 1. The van der Waals surface area contributed by atoms with Gasteiger partial charge in [-0.25, -0.2) is 4.98 Å². The minimum Gasteiger partial charge on any atom is -0.426 e. The highest BCUT2D eigenvalue weighted by molar-refractivity contribution is 7.19. The summed E-state index contributed by atoms with van der Waals surface area (Å²) in [6.45, 7) is 5.51. The van der Waals surface area contributed by atoms with Gasteiger partial charge in [0.05, 0.1) is 16.0 Å². The van der Waals surface area contributed by atoms with E-state index in [0.717, 1.165) is 26.8 Å². The second kappa shape index (κ2) is 7.30. The minimum absolute atomic E-state index is 0.249. The quantitative estimate of drug-likeness (QED) is 0.491. The largest absolute Gasteiger partial charge is 0.426 e. The van der Waals surface area contributed by atoms with Gasteiger partial charge in [0.1, 0.15) is 5.75 Å². The van der Waals surface area contributed by atoms with Gasteiger partial charge in [0.15, 0.2) is 5.13 Å². The zero-order valence-corrected chi connectivity index (χ0v) is 16.2. The lowest BCUT2D eigenvalue weighted by Gasteiger charge is -2.16. The lowest BCUT2D eigenvalue weighted by molar-refractivity contribution is -0.142. The molecule has 0 aliphatic carbocycles. The van der Waals surface area contributed by atoms with Gasteiger partial charge in [0.2, 0.25) is 0 Å². The number of nitrogens with one attached hydrogen (secondary N) is 1. The molecule has 3 rings (SSSR count). The van der Waals surface area contributed by atoms with Crippen molar-refractivity contribution in [1.82, 2.24) is 4.98 Å². The maximum atomic E-state index is 12.0. The minimum atomic E-state index is -0.532. The van der Waals surface area contributed by atoms with Crippen LogP contribution in [0.1, 0.15) is 20.8 Å². The predicted molar refractivity (Wildman–Crippen MR) is 108 cm³/mol. The summed E-state index contributed by atoms with van der Waals surface area (Å²) in [6.07, 6.45) is 0. The summed E-state index contributed by atoms with van der Waals surface area (Å²) in [5, 5.41) is 3.98. The van der Waals surface area contributed by atoms with Crippen molar-refractivity contribution in [3.8, 4) is 27.4 Å². The lowest BCUT2D eigenvalue weighted by atomic mass is 9.97. The fourth-order valence-electron chi connectivity index (χ4n) is 2.35. The van der Waals surface area contributed by atoms with Gasteiger partial charge in [-0.1, -0.05) is 41.7 Å². The number of anilines is 1. The molecule has 0 atom stereocenters. The molecule has 5 heteroatoms. The number of carbonyl (C=O) groups excluding carboxylic acids is 1. The smallest absolute Gasteiger partial charge is 0.316 e. The SMILES string of the molecule is CNc1nc(-c2ccc(OC(=O)C(C)(C)C)cc2)c(-c2ccccc2)s1. The average molecular weight is 366 g/mol. The molecular weight excluding hydrogens is 344 g/mol. The first-order valence-corrected chi connectivity index (χ1v) is 9.27. The molecule has 4 nitrogen and oxygen atoms in total. The van der Waals surface area contributed by atoms with Crippen LogP contribution < -0.4 is 10.1 Å². The van der Waals surface area contributed by atoms with Gasteiger partial charge in [0.25, 0.3) is 0 Å². The number of carbonyl (C=O) groups is 1. The monoisotopic (exact) mass is 366 g/mol. The molecule has 0 spiro atoms. The zero-order valence-electron chi connectivity index (χ0n) is 15.4. The van der Waals surface area contributed by atoms with Crippen LogP contribution in [0.2, 0.25) is 0 Å². The maximum absolute atomic E-state index is 12.0. The Balaban J connectivity index is 1.92. The molecule has 0 aliphatic heterocycles. The van der Waals surface area contributed by atoms with E-state index in [4.69, 9.17) is 9.72 Å². The number of nitrogens with zero attached hydrogens (tertiary/aromatic N) is 1. The van der Waals surface area contributed by atoms with Gasteiger partial charge in [-0.2, -0.15) is 0 Å². The number of aromatic nitrogens is 1. The Morgan fingerprint density at radius 3 is 2.23 bits per heavy atom. The summed E-state index contributed by atoms with van der Waals surface area (Å²) in [4.78, 5) is 17.8. The van der Waals surface area contributed by atoms with E-state index >= 15 is 0 Å². The van der Waals surface area contributed by atoms with Gasteiger partial charge >= 0.3 is 5.97 Å². The molecule has 3 aromatic rings. The van der Waals surface area contributed by atoms with Gasteiger partial charge < -0.3 is 10.1 Å². The molecule has 2 aromatic carbocycles. The number of esters is 1. The highest BCUT2D eigenvalue weighted by Gasteiger charge is 2.23. The summed E-state index contributed by atoms with van der Waals surface area (Å²) in [6, 6.07) is 17.7. The van der Waals surface area contributed by atoms with Crippen molar-refractivity contribution in [2.24, 2.45) is 5.41 Å². The van der Waals surface area contributed by atoms with Crippen LogP contribution in [0.4, 0.5) is 5.13 Å². The summed E-state index contributed by atoms with van der Waals surface area (Å²) < 4.78 is 5.44. The molecule has 0 fully saturated rings. The first-order chi connectivity index (χ1) is 12.4. The predicted octanol–water partition coefficient (Wildman–Crippen LogP) is 5.47. The van der Waals surface area contributed by atoms with E-state index in [1.54, 1.807) is 11.3 Å². The van der Waals surface area contributed by atoms with Crippen LogP contribution in [-0.2, 0) is 4.79 Å². The standard InChI is InChI=1S/C21H22N2O2S/c1-21(2,3)19(24)25-16-12-10-14(11-13-16)17-18(26-20(22-4)23-17)15-8-6-5-7-9-15/h5-13H,1-4H3,(H,22,23). The molecule has 134 valence electrons. The lowest BCUT2D eigenvalue weighted by Crippen LogP contribution is -2.25. The number of hydrogen-bond donors (Lipinski definition) is 1. The van der Waals surface area contributed by atoms with Gasteiger partial charge in [-0.15, -0.1) is 0 Å². The Morgan fingerprint density at radius 2 is 1.65 bits per heavy atom. The van der Waals surface area contributed by atoms with Crippen LogP contribution in [0.5, 0.6) is 5.75 Å². The summed E-state index contributed by atoms with van der Waals surface area (Å²) in [7, 11) is 1.87. The number of hydrogen-bond acceptors (Lipinski definition) is 5. The Labute approximate surface area is 157 Å². The van der Waals surface area contributed by atoms with E-state index in [2.05, 4.69) is 17.4 Å². The van der Waals surface area contributed by atoms with Gasteiger partial charge in [0, 0.05) is 12.6 Å². The maximum Gasteiger partial charge on any atom is 0.316 e. The van der Waals surface area contributed by atoms with Crippen molar-refractivity contribution in [2.75, 3.05) is 12.4 Å². The number of rotatable bonds is 4. The third-order valence-corrected chi connectivity index (χ3v) is 4.95. The zero-order chi connectivity index (χ0) is 18.7. The Hall–Kier alpha value is -2.66. The highest BCUT2D eigenvalue weighted by Crippen LogP contribution is 2.39. The van der Waals surface area contributed by atoms with E-state index in [1.165, 1.54) is 0 Å². The normalized spacial score (nSPS) is 11.2. The van der Waals surface area contributed by atoms with Crippen molar-refractivity contribution < 1.29 is 9.53 Å².